The highest BCUT2D eigenvalue weighted by molar-refractivity contribution is 6.31. The van der Waals surface area contributed by atoms with Crippen LogP contribution in [0.1, 0.15) is 24.2 Å². The van der Waals surface area contributed by atoms with Gasteiger partial charge in [-0.25, -0.2) is 4.79 Å². The van der Waals surface area contributed by atoms with Gasteiger partial charge in [0, 0.05) is 11.6 Å². The number of halogens is 1. The van der Waals surface area contributed by atoms with Crippen molar-refractivity contribution < 1.29 is 33.3 Å². The Morgan fingerprint density at radius 1 is 0.909 bits per heavy atom. The summed E-state index contributed by atoms with van der Waals surface area (Å²) in [6, 6.07) is 9.16. The van der Waals surface area contributed by atoms with E-state index >= 15 is 0 Å². The van der Waals surface area contributed by atoms with E-state index in [1.807, 2.05) is 13.8 Å². The van der Waals surface area contributed by atoms with Crippen LogP contribution in [0.4, 0.5) is 5.69 Å². The molecule has 0 spiro atoms. The maximum Gasteiger partial charge on any atom is 0.338 e. The molecule has 0 heterocycles. The Kier molecular flexibility index (Phi) is 9.81. The number of nitrogens with one attached hydrogen (secondary N) is 2. The number of carbonyl (C=O) groups excluding carboxylic acids is 3. The largest absolute Gasteiger partial charge is 0.495 e. The number of rotatable bonds is 11. The van der Waals surface area contributed by atoms with Crippen LogP contribution in [0, 0.1) is 5.92 Å². The van der Waals surface area contributed by atoms with Gasteiger partial charge in [0.15, 0.2) is 24.7 Å². The third kappa shape index (κ3) is 8.19. The van der Waals surface area contributed by atoms with Crippen LogP contribution < -0.4 is 24.8 Å². The van der Waals surface area contributed by atoms with Gasteiger partial charge >= 0.3 is 5.97 Å². The molecule has 2 amide bonds. The molecule has 0 unspecified atom stereocenters. The number of ether oxygens (including phenoxy) is 4. The van der Waals surface area contributed by atoms with Crippen LogP contribution in [-0.4, -0.2) is 51.8 Å². The van der Waals surface area contributed by atoms with Gasteiger partial charge in [0.05, 0.1) is 25.5 Å². The lowest BCUT2D eigenvalue weighted by Gasteiger charge is -2.13. The van der Waals surface area contributed by atoms with Gasteiger partial charge in [-0.15, -0.1) is 0 Å². The summed E-state index contributed by atoms with van der Waals surface area (Å²) < 4.78 is 21.0. The third-order valence-electron chi connectivity index (χ3n) is 4.24. The summed E-state index contributed by atoms with van der Waals surface area (Å²) in [6.07, 6.45) is 0. The molecule has 178 valence electrons. The molecule has 2 rings (SSSR count). The summed E-state index contributed by atoms with van der Waals surface area (Å²) in [4.78, 5) is 36.2. The number of amides is 2. The molecule has 0 bridgehead atoms. The Bertz CT molecular complexity index is 995. The average Bonchev–Trinajstić information content (AvgIpc) is 2.79. The standard InChI is InChI=1S/C23H27ClN2O7/c1-14(2)11-25-21(27)12-33-23(29)15-5-7-19(20(9-15)31-4)32-13-22(28)26-17-10-16(24)6-8-18(17)30-3/h5-10,14H,11-13H2,1-4H3,(H,25,27)(H,26,28). The Morgan fingerprint density at radius 2 is 1.61 bits per heavy atom. The Labute approximate surface area is 197 Å². The van der Waals surface area contributed by atoms with Crippen LogP contribution in [0.15, 0.2) is 36.4 Å². The third-order valence-corrected chi connectivity index (χ3v) is 4.47. The fourth-order valence-corrected chi connectivity index (χ4v) is 2.78. The quantitative estimate of drug-likeness (QED) is 0.476. The Morgan fingerprint density at radius 3 is 2.27 bits per heavy atom. The minimum Gasteiger partial charge on any atom is -0.495 e. The lowest BCUT2D eigenvalue weighted by atomic mass is 10.2. The van der Waals surface area contributed by atoms with Crippen LogP contribution in [0.5, 0.6) is 17.2 Å². The van der Waals surface area contributed by atoms with Crippen LogP contribution >= 0.6 is 11.6 Å². The second kappa shape index (κ2) is 12.5. The van der Waals surface area contributed by atoms with Crippen LogP contribution in [0.3, 0.4) is 0 Å². The first-order valence-electron chi connectivity index (χ1n) is 10.1. The molecule has 0 radical (unpaired) electrons. The molecule has 0 fully saturated rings. The summed E-state index contributed by atoms with van der Waals surface area (Å²) in [5, 5.41) is 5.76. The van der Waals surface area contributed by atoms with E-state index in [9.17, 15) is 14.4 Å². The van der Waals surface area contributed by atoms with E-state index < -0.39 is 11.9 Å². The summed E-state index contributed by atoms with van der Waals surface area (Å²) in [7, 11) is 2.87. The zero-order chi connectivity index (χ0) is 24.4. The zero-order valence-electron chi connectivity index (χ0n) is 18.9. The second-order valence-corrected chi connectivity index (χ2v) is 7.76. The van der Waals surface area contributed by atoms with Crippen LogP contribution in [0.2, 0.25) is 5.02 Å². The highest BCUT2D eigenvalue weighted by atomic mass is 35.5. The van der Waals surface area contributed by atoms with E-state index in [1.165, 1.54) is 32.4 Å². The van der Waals surface area contributed by atoms with E-state index in [2.05, 4.69) is 10.6 Å². The summed E-state index contributed by atoms with van der Waals surface area (Å²) in [5.41, 5.74) is 0.574. The molecular formula is C23H27ClN2O7. The monoisotopic (exact) mass is 478 g/mol. The molecule has 0 aliphatic heterocycles. The van der Waals surface area contributed by atoms with Gasteiger partial charge < -0.3 is 29.6 Å². The highest BCUT2D eigenvalue weighted by Crippen LogP contribution is 2.29. The zero-order valence-corrected chi connectivity index (χ0v) is 19.7. The molecule has 0 atom stereocenters. The number of hydrogen-bond donors (Lipinski definition) is 2. The molecule has 2 aromatic rings. The van der Waals surface area contributed by atoms with Crippen molar-refractivity contribution in [2.45, 2.75) is 13.8 Å². The number of carbonyl (C=O) groups is 3. The van der Waals surface area contributed by atoms with Gasteiger partial charge in [0.2, 0.25) is 0 Å². The lowest BCUT2D eigenvalue weighted by Crippen LogP contribution is -2.31. The fraction of sp³-hybridized carbons (Fsp3) is 0.348. The van der Waals surface area contributed by atoms with Crippen molar-refractivity contribution in [2.24, 2.45) is 5.92 Å². The number of benzene rings is 2. The molecule has 9 nitrogen and oxygen atoms in total. The van der Waals surface area contributed by atoms with Crippen molar-refractivity contribution >= 4 is 35.1 Å². The normalized spacial score (nSPS) is 10.4. The molecule has 0 saturated heterocycles. The molecule has 2 N–H and O–H groups in total. The van der Waals surface area contributed by atoms with Gasteiger partial charge in [-0.05, 0) is 42.3 Å². The molecule has 2 aromatic carbocycles. The van der Waals surface area contributed by atoms with E-state index in [4.69, 9.17) is 30.5 Å². The lowest BCUT2D eigenvalue weighted by molar-refractivity contribution is -0.124. The van der Waals surface area contributed by atoms with E-state index in [0.717, 1.165) is 0 Å². The molecule has 0 aromatic heterocycles. The molecule has 10 heteroatoms. The Hall–Kier alpha value is -3.46. The van der Waals surface area contributed by atoms with Crippen molar-refractivity contribution in [2.75, 3.05) is 39.3 Å². The minimum atomic E-state index is -0.689. The smallest absolute Gasteiger partial charge is 0.338 e. The van der Waals surface area contributed by atoms with Crippen molar-refractivity contribution in [1.82, 2.24) is 5.32 Å². The van der Waals surface area contributed by atoms with Crippen molar-refractivity contribution in [1.29, 1.82) is 0 Å². The highest BCUT2D eigenvalue weighted by Gasteiger charge is 2.16. The second-order valence-electron chi connectivity index (χ2n) is 7.32. The topological polar surface area (TPSA) is 112 Å². The molecule has 0 aliphatic carbocycles. The summed E-state index contributed by atoms with van der Waals surface area (Å²) in [5.74, 6) is -0.314. The van der Waals surface area contributed by atoms with Gasteiger partial charge in [0.1, 0.15) is 5.75 Å². The van der Waals surface area contributed by atoms with Gasteiger partial charge in [0.25, 0.3) is 11.8 Å². The molecular weight excluding hydrogens is 452 g/mol. The van der Waals surface area contributed by atoms with Crippen LogP contribution in [-0.2, 0) is 14.3 Å². The number of esters is 1. The first kappa shape index (κ1) is 25.8. The minimum absolute atomic E-state index is 0.170. The Balaban J connectivity index is 1.95. The van der Waals surface area contributed by atoms with Gasteiger partial charge in [-0.1, -0.05) is 25.4 Å². The van der Waals surface area contributed by atoms with Gasteiger partial charge in [-0.2, -0.15) is 0 Å². The van der Waals surface area contributed by atoms with Crippen molar-refractivity contribution in [3.05, 3.63) is 47.0 Å². The first-order chi connectivity index (χ1) is 15.7. The molecule has 0 aliphatic rings. The maximum atomic E-state index is 12.3. The summed E-state index contributed by atoms with van der Waals surface area (Å²) >= 11 is 5.96. The van der Waals surface area contributed by atoms with E-state index in [-0.39, 0.29) is 42.1 Å². The number of methoxy groups -OCH3 is 2. The fourth-order valence-electron chi connectivity index (χ4n) is 2.60. The SMILES string of the molecule is COc1ccc(Cl)cc1NC(=O)COc1ccc(C(=O)OCC(=O)NCC(C)C)cc1OC. The number of hydrogen-bond acceptors (Lipinski definition) is 7. The predicted octanol–water partition coefficient (Wildman–Crippen LogP) is 3.30. The molecule has 0 saturated carbocycles. The first-order valence-corrected chi connectivity index (χ1v) is 10.5. The van der Waals surface area contributed by atoms with Crippen LogP contribution in [0.25, 0.3) is 0 Å². The average molecular weight is 479 g/mol. The van der Waals surface area contributed by atoms with Crippen molar-refractivity contribution in [3.8, 4) is 17.2 Å². The maximum absolute atomic E-state index is 12.3. The number of anilines is 1. The predicted molar refractivity (Wildman–Crippen MR) is 123 cm³/mol. The van der Waals surface area contributed by atoms with Gasteiger partial charge in [-0.3, -0.25) is 9.59 Å². The van der Waals surface area contributed by atoms with E-state index in [1.54, 1.807) is 18.2 Å². The summed E-state index contributed by atoms with van der Waals surface area (Å²) in [6.45, 7) is 3.69. The van der Waals surface area contributed by atoms with Crippen molar-refractivity contribution in [3.63, 3.8) is 0 Å². The molecule has 33 heavy (non-hydrogen) atoms. The van der Waals surface area contributed by atoms with E-state index in [0.29, 0.717) is 23.0 Å².